The van der Waals surface area contributed by atoms with Gasteiger partial charge in [-0.25, -0.2) is 0 Å². The first-order valence-electron chi connectivity index (χ1n) is 13.3. The predicted molar refractivity (Wildman–Crippen MR) is 127 cm³/mol. The molecule has 0 amide bonds. The average Bonchev–Trinajstić information content (AvgIpc) is 3.02. The monoisotopic (exact) mass is 432 g/mol. The Morgan fingerprint density at radius 3 is 2.61 bits per heavy atom. The van der Waals surface area contributed by atoms with Gasteiger partial charge in [-0.05, 0) is 97.7 Å². The van der Waals surface area contributed by atoms with Gasteiger partial charge in [-0.1, -0.05) is 52.2 Å². The van der Waals surface area contributed by atoms with Crippen LogP contribution in [0.4, 0.5) is 0 Å². The Bertz CT molecular complexity index is 659. The molecular weight excluding hydrogens is 384 g/mol. The van der Waals surface area contributed by atoms with Crippen LogP contribution >= 0.6 is 0 Å². The highest BCUT2D eigenvalue weighted by Crippen LogP contribution is 2.67. The van der Waals surface area contributed by atoms with Crippen molar-refractivity contribution in [1.29, 1.82) is 0 Å². The van der Waals surface area contributed by atoms with E-state index in [4.69, 9.17) is 4.74 Å². The second-order valence-corrected chi connectivity index (χ2v) is 12.4. The minimum atomic E-state index is -0.138. The Morgan fingerprint density at radius 2 is 1.90 bits per heavy atom. The van der Waals surface area contributed by atoms with Gasteiger partial charge in [-0.2, -0.15) is 0 Å². The summed E-state index contributed by atoms with van der Waals surface area (Å²) in [5.74, 6) is 3.60. The van der Waals surface area contributed by atoms with Crippen LogP contribution < -0.4 is 0 Å². The van der Waals surface area contributed by atoms with Gasteiger partial charge < -0.3 is 14.9 Å². The molecule has 3 nitrogen and oxygen atoms in total. The molecule has 3 fully saturated rings. The lowest BCUT2D eigenvalue weighted by Gasteiger charge is -2.58. The number of methoxy groups -OCH3 is 1. The van der Waals surface area contributed by atoms with Crippen LogP contribution in [0.25, 0.3) is 0 Å². The third kappa shape index (κ3) is 4.06. The number of aliphatic hydroxyl groups excluding tert-OH is 2. The number of hydrogen-bond acceptors (Lipinski definition) is 3. The summed E-state index contributed by atoms with van der Waals surface area (Å²) in [7, 11) is 1.87. The van der Waals surface area contributed by atoms with Gasteiger partial charge >= 0.3 is 0 Å². The third-order valence-corrected chi connectivity index (χ3v) is 10.8. The highest BCUT2D eigenvalue weighted by atomic mass is 16.5. The molecule has 0 spiro atoms. The summed E-state index contributed by atoms with van der Waals surface area (Å²) in [6.07, 6.45) is 14.8. The second-order valence-electron chi connectivity index (χ2n) is 12.4. The molecule has 0 saturated heterocycles. The van der Waals surface area contributed by atoms with Crippen LogP contribution in [0, 0.1) is 46.3 Å². The lowest BCUT2D eigenvalue weighted by molar-refractivity contribution is -0.0644. The zero-order chi connectivity index (χ0) is 22.4. The van der Waals surface area contributed by atoms with E-state index < -0.39 is 0 Å². The van der Waals surface area contributed by atoms with E-state index in [9.17, 15) is 10.2 Å². The molecule has 4 rings (SSSR count). The maximum absolute atomic E-state index is 11.3. The number of ether oxygens (including phenoxy) is 1. The van der Waals surface area contributed by atoms with Crippen molar-refractivity contribution >= 4 is 0 Å². The maximum atomic E-state index is 11.3. The Labute approximate surface area is 191 Å². The Morgan fingerprint density at radius 1 is 1.13 bits per heavy atom. The SMILES string of the molecule is COC1CC[C@@]2(C)C(=CCC3C4CC(O)C(C(C)CCCC(C)CO)[C@@]4(C)CCC32)C1. The van der Waals surface area contributed by atoms with Crippen molar-refractivity contribution in [2.24, 2.45) is 46.3 Å². The zero-order valence-electron chi connectivity index (χ0n) is 20.8. The van der Waals surface area contributed by atoms with Gasteiger partial charge in [0, 0.05) is 13.7 Å². The van der Waals surface area contributed by atoms with Gasteiger partial charge in [0.25, 0.3) is 0 Å². The van der Waals surface area contributed by atoms with Crippen molar-refractivity contribution in [2.75, 3.05) is 13.7 Å². The maximum Gasteiger partial charge on any atom is 0.0608 e. The van der Waals surface area contributed by atoms with Crippen molar-refractivity contribution in [2.45, 2.75) is 104 Å². The topological polar surface area (TPSA) is 49.7 Å². The predicted octanol–water partition coefficient (Wildman–Crippen LogP) is 5.99. The average molecular weight is 433 g/mol. The minimum Gasteiger partial charge on any atom is -0.396 e. The molecule has 0 aliphatic heterocycles. The third-order valence-electron chi connectivity index (χ3n) is 10.8. The fourth-order valence-corrected chi connectivity index (χ4v) is 8.97. The zero-order valence-corrected chi connectivity index (χ0v) is 20.8. The molecule has 2 N–H and O–H groups in total. The first-order valence-corrected chi connectivity index (χ1v) is 13.3. The van der Waals surface area contributed by atoms with Crippen molar-refractivity contribution in [3.05, 3.63) is 11.6 Å². The van der Waals surface area contributed by atoms with E-state index in [1.165, 1.54) is 44.9 Å². The number of fused-ring (bicyclic) bond motifs is 5. The van der Waals surface area contributed by atoms with Crippen LogP contribution in [0.3, 0.4) is 0 Å². The molecule has 3 heteroatoms. The minimum absolute atomic E-state index is 0.138. The van der Waals surface area contributed by atoms with E-state index in [-0.39, 0.29) is 11.5 Å². The summed E-state index contributed by atoms with van der Waals surface area (Å²) in [5, 5.41) is 20.6. The van der Waals surface area contributed by atoms with Gasteiger partial charge in [-0.15, -0.1) is 0 Å². The fraction of sp³-hybridized carbons (Fsp3) is 0.929. The number of aliphatic hydroxyl groups is 2. The summed E-state index contributed by atoms with van der Waals surface area (Å²) < 4.78 is 5.73. The molecule has 0 aromatic rings. The first-order chi connectivity index (χ1) is 14.7. The number of allylic oxidation sites excluding steroid dienone is 1. The Balaban J connectivity index is 1.49. The first kappa shape index (κ1) is 23.8. The smallest absolute Gasteiger partial charge is 0.0608 e. The highest BCUT2D eigenvalue weighted by molar-refractivity contribution is 5.25. The van der Waals surface area contributed by atoms with Crippen molar-refractivity contribution in [1.82, 2.24) is 0 Å². The van der Waals surface area contributed by atoms with Gasteiger partial charge in [0.2, 0.25) is 0 Å². The van der Waals surface area contributed by atoms with E-state index in [1.807, 2.05) is 7.11 Å². The summed E-state index contributed by atoms with van der Waals surface area (Å²) in [4.78, 5) is 0. The summed E-state index contributed by atoms with van der Waals surface area (Å²) >= 11 is 0. The molecule has 8 unspecified atom stereocenters. The highest BCUT2D eigenvalue weighted by Gasteiger charge is 2.61. The van der Waals surface area contributed by atoms with E-state index in [1.54, 1.807) is 5.57 Å². The quantitative estimate of drug-likeness (QED) is 0.486. The Hall–Kier alpha value is -0.380. The largest absolute Gasteiger partial charge is 0.396 e. The standard InChI is InChI=1S/C28H48O3/c1-18(17-29)7-6-8-19(2)26-25(30)16-24-22-10-9-20-15-21(31-5)11-13-27(20,3)23(22)12-14-28(24,26)4/h9,18-19,21-26,29-30H,6-8,10-17H2,1-5H3/t18?,19?,21?,22?,23?,24?,25?,26?,27-,28-/m0/s1. The van der Waals surface area contributed by atoms with Crippen LogP contribution in [0.2, 0.25) is 0 Å². The molecule has 3 saturated carbocycles. The second kappa shape index (κ2) is 9.11. The van der Waals surface area contributed by atoms with Gasteiger partial charge in [0.1, 0.15) is 0 Å². The molecule has 178 valence electrons. The summed E-state index contributed by atoms with van der Waals surface area (Å²) in [6.45, 7) is 9.91. The molecule has 0 bridgehead atoms. The molecule has 0 radical (unpaired) electrons. The fourth-order valence-electron chi connectivity index (χ4n) is 8.97. The lowest BCUT2D eigenvalue weighted by Crippen LogP contribution is -2.51. The van der Waals surface area contributed by atoms with E-state index in [0.717, 1.165) is 31.1 Å². The van der Waals surface area contributed by atoms with Crippen LogP contribution in [-0.2, 0) is 4.74 Å². The van der Waals surface area contributed by atoms with Crippen molar-refractivity contribution in [3.63, 3.8) is 0 Å². The van der Waals surface area contributed by atoms with E-state index in [0.29, 0.717) is 41.8 Å². The molecule has 0 heterocycles. The van der Waals surface area contributed by atoms with Crippen molar-refractivity contribution in [3.8, 4) is 0 Å². The van der Waals surface area contributed by atoms with E-state index >= 15 is 0 Å². The van der Waals surface area contributed by atoms with Crippen LogP contribution in [0.5, 0.6) is 0 Å². The Kier molecular flexibility index (Phi) is 6.98. The molecular formula is C28H48O3. The summed E-state index contributed by atoms with van der Waals surface area (Å²) in [6, 6.07) is 0. The molecule has 4 aliphatic carbocycles. The molecule has 10 atom stereocenters. The van der Waals surface area contributed by atoms with Crippen molar-refractivity contribution < 1.29 is 14.9 Å². The summed E-state index contributed by atoms with van der Waals surface area (Å²) in [5.41, 5.74) is 2.32. The number of rotatable bonds is 7. The molecule has 4 aliphatic rings. The molecule has 0 aromatic heterocycles. The van der Waals surface area contributed by atoms with E-state index in [2.05, 4.69) is 33.8 Å². The van der Waals surface area contributed by atoms with Crippen LogP contribution in [0.1, 0.15) is 91.9 Å². The van der Waals surface area contributed by atoms with Gasteiger partial charge in [0.05, 0.1) is 12.2 Å². The van der Waals surface area contributed by atoms with Crippen LogP contribution in [-0.4, -0.2) is 36.1 Å². The lowest BCUT2D eigenvalue weighted by atomic mass is 9.47. The number of hydrogen-bond donors (Lipinski definition) is 2. The molecule has 31 heavy (non-hydrogen) atoms. The van der Waals surface area contributed by atoms with Gasteiger partial charge in [0.15, 0.2) is 0 Å². The molecule has 0 aromatic carbocycles. The van der Waals surface area contributed by atoms with Crippen LogP contribution in [0.15, 0.2) is 11.6 Å². The normalized spacial score (nSPS) is 46.5. The van der Waals surface area contributed by atoms with Gasteiger partial charge in [-0.3, -0.25) is 0 Å².